The molecule has 1 atom stereocenters. The number of likely N-dealkylation sites (tertiary alicyclic amines) is 1. The molecule has 1 saturated heterocycles. The van der Waals surface area contributed by atoms with Gasteiger partial charge in [-0.05, 0) is 25.9 Å². The summed E-state index contributed by atoms with van der Waals surface area (Å²) >= 11 is 4.31. The van der Waals surface area contributed by atoms with E-state index in [2.05, 4.69) is 48.9 Å². The van der Waals surface area contributed by atoms with Crippen molar-refractivity contribution in [3.63, 3.8) is 0 Å². The highest BCUT2D eigenvalue weighted by Crippen LogP contribution is 2.10. The van der Waals surface area contributed by atoms with E-state index in [4.69, 9.17) is 14.2 Å². The Kier molecular flexibility index (Phi) is 15.0. The lowest BCUT2D eigenvalue weighted by molar-refractivity contribution is 0.00982. The fraction of sp³-hybridized carbons (Fsp3) is 1.00. The van der Waals surface area contributed by atoms with Crippen molar-refractivity contribution in [2.45, 2.75) is 50.9 Å². The highest BCUT2D eigenvalue weighted by atomic mass is 32.1. The van der Waals surface area contributed by atoms with Gasteiger partial charge in [-0.3, -0.25) is 0 Å². The first kappa shape index (κ1) is 24.1. The van der Waals surface area contributed by atoms with Gasteiger partial charge in [0.25, 0.3) is 0 Å². The van der Waals surface area contributed by atoms with Gasteiger partial charge in [0, 0.05) is 37.0 Å². The zero-order chi connectivity index (χ0) is 19.0. The van der Waals surface area contributed by atoms with Gasteiger partial charge in [0.2, 0.25) is 0 Å². The average Bonchev–Trinajstić information content (AvgIpc) is 2.59. The molecule has 1 aliphatic heterocycles. The van der Waals surface area contributed by atoms with Gasteiger partial charge in [0.1, 0.15) is 0 Å². The van der Waals surface area contributed by atoms with Gasteiger partial charge in [0.15, 0.2) is 0 Å². The summed E-state index contributed by atoms with van der Waals surface area (Å²) in [7, 11) is 0. The number of rotatable bonds is 16. The number of hydrogen-bond acceptors (Lipinski definition) is 7. The lowest BCUT2D eigenvalue weighted by Crippen LogP contribution is -2.45. The van der Waals surface area contributed by atoms with Crippen molar-refractivity contribution in [3.05, 3.63) is 0 Å². The van der Waals surface area contributed by atoms with Gasteiger partial charge in [0.05, 0.1) is 39.6 Å². The van der Waals surface area contributed by atoms with E-state index in [0.717, 1.165) is 26.2 Å². The van der Waals surface area contributed by atoms with Crippen LogP contribution in [-0.2, 0) is 14.2 Å². The quantitative estimate of drug-likeness (QED) is 0.273. The lowest BCUT2D eigenvalue weighted by Gasteiger charge is -2.33. The van der Waals surface area contributed by atoms with E-state index in [-0.39, 0.29) is 0 Å². The van der Waals surface area contributed by atoms with Crippen LogP contribution in [0.2, 0.25) is 0 Å². The number of piperidine rings is 1. The zero-order valence-corrected chi connectivity index (χ0v) is 17.9. The minimum absolute atomic E-state index is 0.382. The maximum absolute atomic E-state index is 5.67. The molecular formula is C19H41N3O3S. The van der Waals surface area contributed by atoms with Crippen LogP contribution in [0, 0.1) is 0 Å². The Morgan fingerprint density at radius 2 is 1.50 bits per heavy atom. The number of ether oxygens (including phenoxy) is 3. The smallest absolute Gasteiger partial charge is 0.0701 e. The van der Waals surface area contributed by atoms with Crippen molar-refractivity contribution >= 4 is 12.6 Å². The molecule has 0 aromatic heterocycles. The minimum atomic E-state index is 0.382. The van der Waals surface area contributed by atoms with Crippen LogP contribution in [0.15, 0.2) is 0 Å². The van der Waals surface area contributed by atoms with E-state index in [9.17, 15) is 0 Å². The van der Waals surface area contributed by atoms with Crippen LogP contribution in [-0.4, -0.2) is 94.6 Å². The van der Waals surface area contributed by atoms with Gasteiger partial charge in [-0.1, -0.05) is 20.8 Å². The molecule has 2 N–H and O–H groups in total. The van der Waals surface area contributed by atoms with Crippen LogP contribution >= 0.6 is 12.6 Å². The summed E-state index contributed by atoms with van der Waals surface area (Å²) in [6.45, 7) is 15.7. The molecule has 0 radical (unpaired) electrons. The van der Waals surface area contributed by atoms with Gasteiger partial charge >= 0.3 is 0 Å². The molecule has 0 aromatic rings. The van der Waals surface area contributed by atoms with E-state index in [0.29, 0.717) is 50.4 Å². The summed E-state index contributed by atoms with van der Waals surface area (Å²) in [6, 6.07) is 1.27. The van der Waals surface area contributed by atoms with Gasteiger partial charge in [-0.25, -0.2) is 0 Å². The standard InChI is InChI=1S/C19H41N3O3S/c1-17(2)21-19-4-7-22(8-5-19)9-11-24-13-15-25-14-12-23-10-6-20-16-18(3)26/h17-21,26H,4-16H2,1-3H3. The zero-order valence-electron chi connectivity index (χ0n) is 17.0. The van der Waals surface area contributed by atoms with Crippen molar-refractivity contribution in [1.82, 2.24) is 15.5 Å². The van der Waals surface area contributed by atoms with Crippen molar-refractivity contribution in [3.8, 4) is 0 Å². The Bertz CT molecular complexity index is 314. The number of nitrogens with one attached hydrogen (secondary N) is 2. The van der Waals surface area contributed by atoms with Crippen LogP contribution in [0.5, 0.6) is 0 Å². The summed E-state index contributed by atoms with van der Waals surface area (Å²) in [5.74, 6) is 0. The molecule has 1 fully saturated rings. The third kappa shape index (κ3) is 14.2. The molecule has 1 unspecified atom stereocenters. The molecule has 1 aliphatic rings. The second-order valence-corrected chi connectivity index (χ2v) is 8.21. The topological polar surface area (TPSA) is 55.0 Å². The van der Waals surface area contributed by atoms with E-state index in [1.807, 2.05) is 0 Å². The molecule has 0 aromatic carbocycles. The third-order valence-electron chi connectivity index (χ3n) is 4.32. The predicted molar refractivity (Wildman–Crippen MR) is 112 cm³/mol. The fourth-order valence-electron chi connectivity index (χ4n) is 2.99. The normalized spacial score (nSPS) is 17.9. The molecular weight excluding hydrogens is 350 g/mol. The Morgan fingerprint density at radius 3 is 2.08 bits per heavy atom. The Hall–Kier alpha value is 0.110. The number of nitrogens with zero attached hydrogens (tertiary/aromatic N) is 1. The second-order valence-electron chi connectivity index (χ2n) is 7.33. The van der Waals surface area contributed by atoms with Gasteiger partial charge < -0.3 is 29.7 Å². The molecule has 0 spiro atoms. The Morgan fingerprint density at radius 1 is 0.923 bits per heavy atom. The van der Waals surface area contributed by atoms with Crippen molar-refractivity contribution in [1.29, 1.82) is 0 Å². The average molecular weight is 392 g/mol. The highest BCUT2D eigenvalue weighted by Gasteiger charge is 2.18. The summed E-state index contributed by atoms with van der Waals surface area (Å²) in [6.07, 6.45) is 2.48. The van der Waals surface area contributed by atoms with E-state index >= 15 is 0 Å². The molecule has 1 rings (SSSR count). The van der Waals surface area contributed by atoms with Crippen LogP contribution in [0.4, 0.5) is 0 Å². The van der Waals surface area contributed by atoms with Gasteiger partial charge in [-0.2, -0.15) is 12.6 Å². The molecule has 0 saturated carbocycles. The maximum atomic E-state index is 5.67. The monoisotopic (exact) mass is 391 g/mol. The van der Waals surface area contributed by atoms with Gasteiger partial charge in [-0.15, -0.1) is 0 Å². The Labute approximate surface area is 166 Å². The molecule has 156 valence electrons. The molecule has 0 amide bonds. The van der Waals surface area contributed by atoms with Crippen LogP contribution in [0.3, 0.4) is 0 Å². The summed E-state index contributed by atoms with van der Waals surface area (Å²) in [5.41, 5.74) is 0. The molecule has 26 heavy (non-hydrogen) atoms. The predicted octanol–water partition coefficient (Wildman–Crippen LogP) is 1.41. The van der Waals surface area contributed by atoms with E-state index < -0.39 is 0 Å². The first-order chi connectivity index (χ1) is 12.6. The molecule has 0 aliphatic carbocycles. The molecule has 1 heterocycles. The minimum Gasteiger partial charge on any atom is -0.378 e. The Balaban J connectivity index is 1.77. The van der Waals surface area contributed by atoms with Crippen LogP contribution in [0.1, 0.15) is 33.6 Å². The SMILES string of the molecule is CC(S)CNCCOCCOCCOCCN1CCC(NC(C)C)CC1. The van der Waals surface area contributed by atoms with Crippen LogP contribution in [0.25, 0.3) is 0 Å². The third-order valence-corrected chi connectivity index (χ3v) is 4.50. The maximum Gasteiger partial charge on any atom is 0.0701 e. The summed E-state index contributed by atoms with van der Waals surface area (Å²) in [5, 5.41) is 7.29. The van der Waals surface area contributed by atoms with E-state index in [1.54, 1.807) is 0 Å². The van der Waals surface area contributed by atoms with Crippen molar-refractivity contribution < 1.29 is 14.2 Å². The first-order valence-electron chi connectivity index (χ1n) is 10.2. The van der Waals surface area contributed by atoms with Crippen molar-refractivity contribution in [2.75, 3.05) is 72.4 Å². The van der Waals surface area contributed by atoms with E-state index in [1.165, 1.54) is 25.9 Å². The molecule has 6 nitrogen and oxygen atoms in total. The lowest BCUT2D eigenvalue weighted by atomic mass is 10.0. The van der Waals surface area contributed by atoms with Crippen LogP contribution < -0.4 is 10.6 Å². The summed E-state index contributed by atoms with van der Waals surface area (Å²) in [4.78, 5) is 2.50. The second kappa shape index (κ2) is 16.1. The van der Waals surface area contributed by atoms with Crippen molar-refractivity contribution in [2.24, 2.45) is 0 Å². The number of hydrogen-bond donors (Lipinski definition) is 3. The first-order valence-corrected chi connectivity index (χ1v) is 10.7. The molecule has 7 heteroatoms. The number of thiol groups is 1. The fourth-order valence-corrected chi connectivity index (χ4v) is 3.11. The molecule has 0 bridgehead atoms. The summed E-state index contributed by atoms with van der Waals surface area (Å²) < 4.78 is 16.7. The largest absolute Gasteiger partial charge is 0.378 e. The highest BCUT2D eigenvalue weighted by molar-refractivity contribution is 7.80.